The van der Waals surface area contributed by atoms with Crippen molar-refractivity contribution >= 4 is 17.8 Å². The number of unbranched alkanes of at least 4 members (excludes halogenated alkanes) is 1. The van der Waals surface area contributed by atoms with E-state index in [9.17, 15) is 9.59 Å². The smallest absolute Gasteiger partial charge is 0.242 e. The maximum atomic E-state index is 12.0. The van der Waals surface area contributed by atoms with Gasteiger partial charge < -0.3 is 20.9 Å². The van der Waals surface area contributed by atoms with Gasteiger partial charge in [-0.15, -0.1) is 0 Å². The number of aliphatic imine (C=N–C) groups is 1. The molecule has 0 saturated heterocycles. The summed E-state index contributed by atoms with van der Waals surface area (Å²) in [5.74, 6) is 0.862. The summed E-state index contributed by atoms with van der Waals surface area (Å²) < 4.78 is 0. The number of nitrogens with one attached hydrogen (secondary N) is 3. The number of carbonyl (C=O) groups is 2. The second-order valence-corrected chi connectivity index (χ2v) is 7.90. The summed E-state index contributed by atoms with van der Waals surface area (Å²) in [6.07, 6.45) is 4.63. The minimum Gasteiger partial charge on any atom is -0.356 e. The molecule has 0 aromatic carbocycles. The number of rotatable bonds is 10. The zero-order valence-corrected chi connectivity index (χ0v) is 17.7. The molecule has 0 aliphatic carbocycles. The van der Waals surface area contributed by atoms with Crippen molar-refractivity contribution in [3.63, 3.8) is 0 Å². The number of carbonyl (C=O) groups excluding carboxylic acids is 2. The van der Waals surface area contributed by atoms with Gasteiger partial charge in [0.2, 0.25) is 11.8 Å². The average molecular weight is 370 g/mol. The van der Waals surface area contributed by atoms with E-state index in [-0.39, 0.29) is 30.4 Å². The molecule has 0 rings (SSSR count). The van der Waals surface area contributed by atoms with E-state index in [4.69, 9.17) is 0 Å². The summed E-state index contributed by atoms with van der Waals surface area (Å²) in [5.41, 5.74) is -0.290. The molecule has 0 aliphatic heterocycles. The Balaban J connectivity index is 4.79. The second-order valence-electron chi connectivity index (χ2n) is 7.90. The Labute approximate surface area is 159 Å². The quantitative estimate of drug-likeness (QED) is 0.404. The van der Waals surface area contributed by atoms with Crippen LogP contribution < -0.4 is 16.0 Å². The molecule has 0 spiro atoms. The lowest BCUT2D eigenvalue weighted by Gasteiger charge is -2.21. The van der Waals surface area contributed by atoms with Crippen LogP contribution in [0, 0.1) is 5.92 Å². The molecule has 0 aromatic heterocycles. The molecular formula is C19H39N5O2. The molecule has 0 radical (unpaired) electrons. The molecule has 0 fully saturated rings. The normalized spacial score (nSPS) is 13.1. The highest BCUT2D eigenvalue weighted by Gasteiger charge is 2.14. The lowest BCUT2D eigenvalue weighted by Crippen LogP contribution is -2.46. The second kappa shape index (κ2) is 12.5. The maximum Gasteiger partial charge on any atom is 0.242 e. The van der Waals surface area contributed by atoms with Crippen molar-refractivity contribution in [2.75, 3.05) is 33.7 Å². The first-order valence-corrected chi connectivity index (χ1v) is 9.62. The van der Waals surface area contributed by atoms with Crippen LogP contribution in [0.1, 0.15) is 60.3 Å². The summed E-state index contributed by atoms with van der Waals surface area (Å²) in [4.78, 5) is 29.7. The van der Waals surface area contributed by atoms with Gasteiger partial charge in [-0.1, -0.05) is 33.1 Å². The van der Waals surface area contributed by atoms with E-state index in [2.05, 4.69) is 34.8 Å². The molecule has 0 aromatic rings. The van der Waals surface area contributed by atoms with Crippen molar-refractivity contribution < 1.29 is 9.59 Å². The summed E-state index contributed by atoms with van der Waals surface area (Å²) in [7, 11) is 3.42. The van der Waals surface area contributed by atoms with E-state index in [1.54, 1.807) is 14.1 Å². The van der Waals surface area contributed by atoms with E-state index in [1.165, 1.54) is 17.7 Å². The largest absolute Gasteiger partial charge is 0.356 e. The zero-order valence-electron chi connectivity index (χ0n) is 17.7. The number of guanidine groups is 1. The van der Waals surface area contributed by atoms with Crippen LogP contribution in [0.4, 0.5) is 0 Å². The third-order valence-corrected chi connectivity index (χ3v) is 3.90. The van der Waals surface area contributed by atoms with Crippen LogP contribution in [-0.2, 0) is 9.59 Å². The third kappa shape index (κ3) is 12.6. The summed E-state index contributed by atoms with van der Waals surface area (Å²) in [5, 5.41) is 9.19. The fourth-order valence-electron chi connectivity index (χ4n) is 2.28. The van der Waals surface area contributed by atoms with Crippen molar-refractivity contribution in [2.24, 2.45) is 10.9 Å². The fourth-order valence-corrected chi connectivity index (χ4v) is 2.28. The summed E-state index contributed by atoms with van der Waals surface area (Å²) >= 11 is 0. The molecule has 7 nitrogen and oxygen atoms in total. The molecule has 7 heteroatoms. The first kappa shape index (κ1) is 24.2. The number of amides is 2. The van der Waals surface area contributed by atoms with Crippen molar-refractivity contribution in [1.82, 2.24) is 20.9 Å². The van der Waals surface area contributed by atoms with Crippen LogP contribution in [0.15, 0.2) is 4.99 Å². The van der Waals surface area contributed by atoms with Gasteiger partial charge in [0.05, 0.1) is 6.54 Å². The van der Waals surface area contributed by atoms with Crippen LogP contribution in [0.3, 0.4) is 0 Å². The molecule has 0 saturated carbocycles. The zero-order chi connectivity index (χ0) is 20.2. The van der Waals surface area contributed by atoms with Crippen LogP contribution in [0.5, 0.6) is 0 Å². The van der Waals surface area contributed by atoms with Crippen LogP contribution >= 0.6 is 0 Å². The van der Waals surface area contributed by atoms with Crippen molar-refractivity contribution in [1.29, 1.82) is 0 Å². The molecule has 2 amide bonds. The standard InChI is InChI=1S/C19H39N5O2/c1-8-10-11-15(9-2)12-20-18(22-14-17(26)24(6)7)21-13-16(25)23-19(3,4)5/h15H,8-14H2,1-7H3,(H,23,25)(H2,20,21,22). The van der Waals surface area contributed by atoms with E-state index in [0.29, 0.717) is 11.9 Å². The van der Waals surface area contributed by atoms with E-state index < -0.39 is 0 Å². The minimum absolute atomic E-state index is 0.0223. The molecule has 3 N–H and O–H groups in total. The van der Waals surface area contributed by atoms with Gasteiger partial charge in [0.1, 0.15) is 6.54 Å². The Kier molecular flexibility index (Phi) is 11.7. The molecular weight excluding hydrogens is 330 g/mol. The average Bonchev–Trinajstić information content (AvgIpc) is 2.54. The maximum absolute atomic E-state index is 12.0. The molecule has 0 bridgehead atoms. The molecule has 1 atom stereocenters. The van der Waals surface area contributed by atoms with Gasteiger partial charge in [-0.2, -0.15) is 0 Å². The minimum atomic E-state index is -0.290. The highest BCUT2D eigenvalue weighted by molar-refractivity contribution is 5.88. The first-order chi connectivity index (χ1) is 12.1. The SMILES string of the molecule is CCCCC(CC)CNC(=NCC(=O)NC(C)(C)C)NCC(=O)N(C)C. The Morgan fingerprint density at radius 1 is 1.12 bits per heavy atom. The summed E-state index contributed by atoms with van der Waals surface area (Å²) in [6, 6.07) is 0. The third-order valence-electron chi connectivity index (χ3n) is 3.90. The lowest BCUT2D eigenvalue weighted by atomic mass is 9.99. The molecule has 0 heterocycles. The van der Waals surface area contributed by atoms with Gasteiger partial charge in [0, 0.05) is 26.2 Å². The predicted molar refractivity (Wildman–Crippen MR) is 108 cm³/mol. The van der Waals surface area contributed by atoms with Crippen molar-refractivity contribution in [3.8, 4) is 0 Å². The Bertz CT molecular complexity index is 455. The molecule has 26 heavy (non-hydrogen) atoms. The van der Waals surface area contributed by atoms with Gasteiger partial charge in [-0.3, -0.25) is 9.59 Å². The van der Waals surface area contributed by atoms with Gasteiger partial charge in [0.15, 0.2) is 5.96 Å². The van der Waals surface area contributed by atoms with E-state index in [1.807, 2.05) is 20.8 Å². The number of nitrogens with zero attached hydrogens (tertiary/aromatic N) is 2. The number of likely N-dealkylation sites (N-methyl/N-ethyl adjacent to an activating group) is 1. The highest BCUT2D eigenvalue weighted by Crippen LogP contribution is 2.11. The van der Waals surface area contributed by atoms with Crippen LogP contribution in [0.25, 0.3) is 0 Å². The Morgan fingerprint density at radius 3 is 2.27 bits per heavy atom. The number of hydrogen-bond donors (Lipinski definition) is 3. The molecule has 0 aliphatic rings. The van der Waals surface area contributed by atoms with Crippen LogP contribution in [-0.4, -0.2) is 61.9 Å². The van der Waals surface area contributed by atoms with Gasteiger partial charge in [-0.05, 0) is 33.1 Å². The first-order valence-electron chi connectivity index (χ1n) is 9.62. The number of hydrogen-bond acceptors (Lipinski definition) is 3. The lowest BCUT2D eigenvalue weighted by molar-refractivity contribution is -0.127. The van der Waals surface area contributed by atoms with Gasteiger partial charge in [-0.25, -0.2) is 4.99 Å². The fraction of sp³-hybridized carbons (Fsp3) is 0.842. The molecule has 1 unspecified atom stereocenters. The van der Waals surface area contributed by atoms with Crippen molar-refractivity contribution in [2.45, 2.75) is 65.8 Å². The Morgan fingerprint density at radius 2 is 1.77 bits per heavy atom. The predicted octanol–water partition coefficient (Wildman–Crippen LogP) is 1.74. The molecule has 152 valence electrons. The van der Waals surface area contributed by atoms with E-state index in [0.717, 1.165) is 19.4 Å². The van der Waals surface area contributed by atoms with Gasteiger partial charge >= 0.3 is 0 Å². The Hall–Kier alpha value is -1.79. The van der Waals surface area contributed by atoms with E-state index >= 15 is 0 Å². The monoisotopic (exact) mass is 369 g/mol. The van der Waals surface area contributed by atoms with Gasteiger partial charge in [0.25, 0.3) is 0 Å². The van der Waals surface area contributed by atoms with Crippen LogP contribution in [0.2, 0.25) is 0 Å². The highest BCUT2D eigenvalue weighted by atomic mass is 16.2. The summed E-state index contributed by atoms with van der Waals surface area (Å²) in [6.45, 7) is 11.1. The topological polar surface area (TPSA) is 85.8 Å². The van der Waals surface area contributed by atoms with Crippen molar-refractivity contribution in [3.05, 3.63) is 0 Å².